The summed E-state index contributed by atoms with van der Waals surface area (Å²) < 4.78 is 12.8. The van der Waals surface area contributed by atoms with Gasteiger partial charge in [-0.25, -0.2) is 4.98 Å². The maximum absolute atomic E-state index is 12.9. The molecule has 3 aromatic rings. The van der Waals surface area contributed by atoms with Gasteiger partial charge in [0.2, 0.25) is 0 Å². The summed E-state index contributed by atoms with van der Waals surface area (Å²) in [4.78, 5) is 17.7. The molecule has 0 aliphatic heterocycles. The molecule has 6 heteroatoms. The van der Waals surface area contributed by atoms with Gasteiger partial charge in [-0.2, -0.15) is 0 Å². The fourth-order valence-electron chi connectivity index (χ4n) is 3.25. The van der Waals surface area contributed by atoms with Crippen LogP contribution in [0.3, 0.4) is 0 Å². The minimum atomic E-state index is 0.0145. The average Bonchev–Trinajstić information content (AvgIpc) is 2.69. The molecule has 0 saturated heterocycles. The Kier molecular flexibility index (Phi) is 7.72. The largest absolute Gasteiger partial charge is 0.494 e. The standard InChI is InChI=1S/C23H28N2O3S/c1-17-14-18(2)16-19(15-17)28-12-7-13-29-23-24-21-9-5-4-8-20(21)22(26)25(23)10-6-11-27-3/h4-5,8-9,14-16H,6-7,10-13H2,1-3H3. The molecule has 0 spiro atoms. The Morgan fingerprint density at radius 2 is 1.79 bits per heavy atom. The molecule has 0 atom stereocenters. The summed E-state index contributed by atoms with van der Waals surface area (Å²) in [6.45, 7) is 6.00. The lowest BCUT2D eigenvalue weighted by atomic mass is 10.1. The molecule has 0 aliphatic carbocycles. The zero-order valence-electron chi connectivity index (χ0n) is 17.3. The Morgan fingerprint density at radius 1 is 1.03 bits per heavy atom. The molecule has 3 rings (SSSR count). The monoisotopic (exact) mass is 412 g/mol. The molecule has 0 radical (unpaired) electrons. The fraction of sp³-hybridized carbons (Fsp3) is 0.391. The van der Waals surface area contributed by atoms with Crippen LogP contribution in [-0.2, 0) is 11.3 Å². The number of aromatic nitrogens is 2. The average molecular weight is 413 g/mol. The van der Waals surface area contributed by atoms with Crippen molar-refractivity contribution in [3.63, 3.8) is 0 Å². The van der Waals surface area contributed by atoms with Crippen molar-refractivity contribution in [2.75, 3.05) is 26.1 Å². The summed E-state index contributed by atoms with van der Waals surface area (Å²) >= 11 is 1.61. The van der Waals surface area contributed by atoms with E-state index in [-0.39, 0.29) is 5.56 Å². The van der Waals surface area contributed by atoms with Crippen LogP contribution < -0.4 is 10.3 Å². The summed E-state index contributed by atoms with van der Waals surface area (Å²) in [5.41, 5.74) is 3.17. The van der Waals surface area contributed by atoms with Gasteiger partial charge in [-0.05, 0) is 62.1 Å². The highest BCUT2D eigenvalue weighted by atomic mass is 32.2. The number of fused-ring (bicyclic) bond motifs is 1. The molecule has 2 aromatic carbocycles. The molecule has 29 heavy (non-hydrogen) atoms. The van der Waals surface area contributed by atoms with Crippen LogP contribution >= 0.6 is 11.8 Å². The van der Waals surface area contributed by atoms with Gasteiger partial charge in [0, 0.05) is 26.0 Å². The lowest BCUT2D eigenvalue weighted by molar-refractivity contribution is 0.189. The molecule has 0 saturated carbocycles. The maximum atomic E-state index is 12.9. The number of para-hydroxylation sites is 1. The third kappa shape index (κ3) is 5.84. The van der Waals surface area contributed by atoms with Crippen molar-refractivity contribution in [3.8, 4) is 5.75 Å². The van der Waals surface area contributed by atoms with Crippen molar-refractivity contribution in [3.05, 3.63) is 63.9 Å². The third-order valence-corrected chi connectivity index (χ3v) is 5.60. The molecule has 0 bridgehead atoms. The van der Waals surface area contributed by atoms with E-state index in [4.69, 9.17) is 14.5 Å². The van der Waals surface area contributed by atoms with E-state index in [1.807, 2.05) is 24.3 Å². The van der Waals surface area contributed by atoms with Crippen molar-refractivity contribution < 1.29 is 9.47 Å². The Balaban J connectivity index is 1.65. The van der Waals surface area contributed by atoms with Crippen LogP contribution in [0.5, 0.6) is 5.75 Å². The van der Waals surface area contributed by atoms with Crippen molar-refractivity contribution in [1.82, 2.24) is 9.55 Å². The first kappa shape index (κ1) is 21.4. The SMILES string of the molecule is COCCCn1c(SCCCOc2cc(C)cc(C)c2)nc2ccccc2c1=O. The Labute approximate surface area is 176 Å². The van der Waals surface area contributed by atoms with E-state index in [1.54, 1.807) is 23.4 Å². The number of aryl methyl sites for hydroxylation is 2. The molecule has 5 nitrogen and oxygen atoms in total. The molecular formula is C23H28N2O3S. The second-order valence-corrected chi connectivity index (χ2v) is 8.15. The van der Waals surface area contributed by atoms with E-state index < -0.39 is 0 Å². The highest BCUT2D eigenvalue weighted by Crippen LogP contribution is 2.20. The lowest BCUT2D eigenvalue weighted by Crippen LogP contribution is -2.24. The Morgan fingerprint density at radius 3 is 2.55 bits per heavy atom. The van der Waals surface area contributed by atoms with Gasteiger partial charge in [-0.15, -0.1) is 0 Å². The fourth-order valence-corrected chi connectivity index (χ4v) is 4.19. The molecule has 0 fully saturated rings. The van der Waals surface area contributed by atoms with Crippen LogP contribution in [0.2, 0.25) is 0 Å². The molecule has 1 aromatic heterocycles. The summed E-state index contributed by atoms with van der Waals surface area (Å²) in [7, 11) is 1.67. The number of hydrogen-bond donors (Lipinski definition) is 0. The van der Waals surface area contributed by atoms with Gasteiger partial charge in [0.05, 0.1) is 17.5 Å². The molecule has 1 heterocycles. The van der Waals surface area contributed by atoms with Gasteiger partial charge in [-0.1, -0.05) is 30.0 Å². The second kappa shape index (κ2) is 10.5. The number of ether oxygens (including phenoxy) is 2. The Bertz CT molecular complexity index is 996. The predicted molar refractivity (Wildman–Crippen MR) is 119 cm³/mol. The van der Waals surface area contributed by atoms with E-state index in [1.165, 1.54) is 11.1 Å². The van der Waals surface area contributed by atoms with Gasteiger partial charge in [-0.3, -0.25) is 9.36 Å². The predicted octanol–water partition coefficient (Wildman–Crippen LogP) is 4.61. The van der Waals surface area contributed by atoms with E-state index in [2.05, 4.69) is 32.0 Å². The Hall–Kier alpha value is -2.31. The van der Waals surface area contributed by atoms with Crippen molar-refractivity contribution >= 4 is 22.7 Å². The van der Waals surface area contributed by atoms with Crippen LogP contribution in [0.4, 0.5) is 0 Å². The normalized spacial score (nSPS) is 11.1. The van der Waals surface area contributed by atoms with Gasteiger partial charge < -0.3 is 9.47 Å². The minimum Gasteiger partial charge on any atom is -0.494 e. The van der Waals surface area contributed by atoms with Crippen LogP contribution in [0.25, 0.3) is 10.9 Å². The number of rotatable bonds is 10. The van der Waals surface area contributed by atoms with Gasteiger partial charge >= 0.3 is 0 Å². The van der Waals surface area contributed by atoms with Gasteiger partial charge in [0.1, 0.15) is 5.75 Å². The molecule has 0 amide bonds. The van der Waals surface area contributed by atoms with E-state index in [0.29, 0.717) is 25.1 Å². The van der Waals surface area contributed by atoms with Crippen LogP contribution in [0, 0.1) is 13.8 Å². The van der Waals surface area contributed by atoms with E-state index >= 15 is 0 Å². The molecular weight excluding hydrogens is 384 g/mol. The number of nitrogens with zero attached hydrogens (tertiary/aromatic N) is 2. The van der Waals surface area contributed by atoms with Crippen molar-refractivity contribution in [2.45, 2.75) is 38.4 Å². The molecule has 154 valence electrons. The smallest absolute Gasteiger partial charge is 0.262 e. The van der Waals surface area contributed by atoms with Crippen LogP contribution in [0.1, 0.15) is 24.0 Å². The number of hydrogen-bond acceptors (Lipinski definition) is 5. The topological polar surface area (TPSA) is 53.4 Å². The summed E-state index contributed by atoms with van der Waals surface area (Å²) in [6, 6.07) is 13.8. The maximum Gasteiger partial charge on any atom is 0.262 e. The second-order valence-electron chi connectivity index (χ2n) is 7.09. The highest BCUT2D eigenvalue weighted by molar-refractivity contribution is 7.99. The van der Waals surface area contributed by atoms with Gasteiger partial charge in [0.25, 0.3) is 5.56 Å². The highest BCUT2D eigenvalue weighted by Gasteiger charge is 2.11. The summed E-state index contributed by atoms with van der Waals surface area (Å²) in [6.07, 6.45) is 1.65. The third-order valence-electron chi connectivity index (χ3n) is 4.54. The van der Waals surface area contributed by atoms with Crippen LogP contribution in [-0.4, -0.2) is 35.6 Å². The zero-order chi connectivity index (χ0) is 20.6. The first-order valence-electron chi connectivity index (χ1n) is 9.91. The summed E-state index contributed by atoms with van der Waals surface area (Å²) in [5.74, 6) is 1.74. The summed E-state index contributed by atoms with van der Waals surface area (Å²) in [5, 5.41) is 1.42. The molecule has 0 unspecified atom stereocenters. The van der Waals surface area contributed by atoms with Crippen molar-refractivity contribution in [2.24, 2.45) is 0 Å². The minimum absolute atomic E-state index is 0.0145. The lowest BCUT2D eigenvalue weighted by Gasteiger charge is -2.13. The van der Waals surface area contributed by atoms with Crippen LogP contribution in [0.15, 0.2) is 52.4 Å². The quantitative estimate of drug-likeness (QED) is 0.276. The van der Waals surface area contributed by atoms with E-state index in [0.717, 1.165) is 35.0 Å². The first-order chi connectivity index (χ1) is 14.1. The molecule has 0 N–H and O–H groups in total. The van der Waals surface area contributed by atoms with E-state index in [9.17, 15) is 4.79 Å². The van der Waals surface area contributed by atoms with Crippen molar-refractivity contribution in [1.29, 1.82) is 0 Å². The first-order valence-corrected chi connectivity index (χ1v) is 10.9. The molecule has 0 aliphatic rings. The number of benzene rings is 2. The zero-order valence-corrected chi connectivity index (χ0v) is 18.1. The van der Waals surface area contributed by atoms with Gasteiger partial charge in [0.15, 0.2) is 5.16 Å². The number of methoxy groups -OCH3 is 1. The number of thioether (sulfide) groups is 1.